The van der Waals surface area contributed by atoms with Gasteiger partial charge in [0.15, 0.2) is 0 Å². The number of carbonyl (C=O) groups excluding carboxylic acids is 2. The minimum absolute atomic E-state index is 0.126. The largest absolute Gasteiger partial charge is 0.507 e. The topological polar surface area (TPSA) is 90.6 Å². The fourth-order valence-electron chi connectivity index (χ4n) is 3.69. The first-order chi connectivity index (χ1) is 15.4. The van der Waals surface area contributed by atoms with Crippen molar-refractivity contribution in [3.63, 3.8) is 0 Å². The summed E-state index contributed by atoms with van der Waals surface area (Å²) >= 11 is 0. The van der Waals surface area contributed by atoms with Gasteiger partial charge in [0.05, 0.1) is 30.4 Å². The van der Waals surface area contributed by atoms with E-state index < -0.39 is 29.3 Å². The maximum Gasteiger partial charge on any atom is 0.300 e. The van der Waals surface area contributed by atoms with E-state index in [0.29, 0.717) is 22.6 Å². The lowest BCUT2D eigenvalue weighted by Crippen LogP contribution is -2.29. The molecule has 1 heterocycles. The van der Waals surface area contributed by atoms with E-state index in [4.69, 9.17) is 10.00 Å². The number of aliphatic hydroxyl groups excluding tert-OH is 1. The number of anilines is 1. The molecule has 1 unspecified atom stereocenters. The number of hydrogen-bond donors (Lipinski definition) is 1. The first-order valence-electron chi connectivity index (χ1n) is 9.65. The van der Waals surface area contributed by atoms with Gasteiger partial charge >= 0.3 is 0 Å². The fraction of sp³-hybridized carbons (Fsp3) is 0.0800. The van der Waals surface area contributed by atoms with E-state index in [2.05, 4.69) is 0 Å². The van der Waals surface area contributed by atoms with Gasteiger partial charge in [-0.25, -0.2) is 4.39 Å². The Kier molecular flexibility index (Phi) is 5.44. The molecule has 0 saturated carbocycles. The van der Waals surface area contributed by atoms with Gasteiger partial charge in [-0.3, -0.25) is 14.5 Å². The summed E-state index contributed by atoms with van der Waals surface area (Å²) in [6.07, 6.45) is 0. The van der Waals surface area contributed by atoms with Gasteiger partial charge in [0, 0.05) is 11.3 Å². The highest BCUT2D eigenvalue weighted by Gasteiger charge is 2.47. The molecule has 1 fully saturated rings. The van der Waals surface area contributed by atoms with E-state index >= 15 is 0 Å². The number of methoxy groups -OCH3 is 1. The number of rotatable bonds is 4. The number of nitrogens with zero attached hydrogens (tertiary/aromatic N) is 2. The summed E-state index contributed by atoms with van der Waals surface area (Å²) in [5.74, 6) is -2.10. The Labute approximate surface area is 183 Å². The van der Waals surface area contributed by atoms with E-state index in [1.807, 2.05) is 6.07 Å². The summed E-state index contributed by atoms with van der Waals surface area (Å²) in [6, 6.07) is 19.1. The molecule has 1 amide bonds. The maximum atomic E-state index is 13.4. The van der Waals surface area contributed by atoms with Crippen LogP contribution >= 0.6 is 0 Å². The van der Waals surface area contributed by atoms with E-state index in [0.717, 1.165) is 12.1 Å². The minimum Gasteiger partial charge on any atom is -0.507 e. The van der Waals surface area contributed by atoms with Gasteiger partial charge in [-0.05, 0) is 66.2 Å². The summed E-state index contributed by atoms with van der Waals surface area (Å²) in [5, 5.41) is 20.1. The first kappa shape index (κ1) is 20.8. The third kappa shape index (κ3) is 3.59. The third-order valence-electron chi connectivity index (χ3n) is 5.25. The fourth-order valence-corrected chi connectivity index (χ4v) is 3.69. The van der Waals surface area contributed by atoms with Crippen molar-refractivity contribution >= 4 is 23.1 Å². The Morgan fingerprint density at radius 3 is 2.38 bits per heavy atom. The molecule has 0 radical (unpaired) electrons. The highest BCUT2D eigenvalue weighted by atomic mass is 19.1. The Balaban J connectivity index is 1.94. The van der Waals surface area contributed by atoms with Gasteiger partial charge in [0.25, 0.3) is 11.7 Å². The predicted octanol–water partition coefficient (Wildman–Crippen LogP) is 4.33. The lowest BCUT2D eigenvalue weighted by atomic mass is 9.95. The highest BCUT2D eigenvalue weighted by Crippen LogP contribution is 2.42. The highest BCUT2D eigenvalue weighted by molar-refractivity contribution is 6.51. The smallest absolute Gasteiger partial charge is 0.300 e. The van der Waals surface area contributed by atoms with Crippen LogP contribution < -0.4 is 9.64 Å². The zero-order valence-corrected chi connectivity index (χ0v) is 16.9. The molecular formula is C25H17FN2O4. The number of hydrogen-bond acceptors (Lipinski definition) is 5. The van der Waals surface area contributed by atoms with Gasteiger partial charge in [0.1, 0.15) is 17.3 Å². The lowest BCUT2D eigenvalue weighted by molar-refractivity contribution is -0.132. The second-order valence-corrected chi connectivity index (χ2v) is 7.11. The number of carbonyl (C=O) groups is 2. The standard InChI is InChI=1S/C25H17FN2O4/c1-32-20-4-2-3-17(13-20)22-21(23(29)16-7-9-18(26)10-8-16)24(30)25(31)28(22)19-11-5-15(14-27)6-12-19/h2-13,22,29H,1H3/b23-21-. The van der Waals surface area contributed by atoms with Crippen LogP contribution in [0.15, 0.2) is 78.4 Å². The third-order valence-corrected chi connectivity index (χ3v) is 5.25. The first-order valence-corrected chi connectivity index (χ1v) is 9.65. The molecule has 3 aromatic carbocycles. The molecule has 0 aliphatic carbocycles. The van der Waals surface area contributed by atoms with E-state index in [1.165, 1.54) is 36.3 Å². The molecule has 1 atom stereocenters. The predicted molar refractivity (Wildman–Crippen MR) is 115 cm³/mol. The molecule has 1 aliphatic rings. The van der Waals surface area contributed by atoms with Crippen molar-refractivity contribution in [2.45, 2.75) is 6.04 Å². The second-order valence-electron chi connectivity index (χ2n) is 7.11. The average Bonchev–Trinajstić information content (AvgIpc) is 3.09. The zero-order valence-electron chi connectivity index (χ0n) is 16.9. The normalized spacial score (nSPS) is 17.3. The van der Waals surface area contributed by atoms with Crippen molar-refractivity contribution in [3.05, 3.63) is 101 Å². The van der Waals surface area contributed by atoms with Crippen LogP contribution in [0, 0.1) is 17.1 Å². The van der Waals surface area contributed by atoms with Crippen molar-refractivity contribution in [1.82, 2.24) is 0 Å². The molecule has 158 valence electrons. The summed E-state index contributed by atoms with van der Waals surface area (Å²) in [5.41, 5.74) is 1.40. The number of benzene rings is 3. The average molecular weight is 428 g/mol. The molecule has 1 aliphatic heterocycles. The summed E-state index contributed by atoms with van der Waals surface area (Å²) in [6.45, 7) is 0. The molecule has 4 rings (SSSR count). The SMILES string of the molecule is COc1cccc(C2/C(=C(/O)c3ccc(F)cc3)C(=O)C(=O)N2c2ccc(C#N)cc2)c1. The monoisotopic (exact) mass is 428 g/mol. The molecule has 3 aromatic rings. The Morgan fingerprint density at radius 2 is 1.75 bits per heavy atom. The van der Waals surface area contributed by atoms with Gasteiger partial charge < -0.3 is 9.84 Å². The molecule has 0 aromatic heterocycles. The number of aliphatic hydroxyl groups is 1. The Bertz CT molecular complexity index is 1270. The quantitative estimate of drug-likeness (QED) is 0.379. The molecule has 1 saturated heterocycles. The number of halogens is 1. The van der Waals surface area contributed by atoms with Crippen molar-refractivity contribution in [2.24, 2.45) is 0 Å². The van der Waals surface area contributed by atoms with Crippen molar-refractivity contribution in [1.29, 1.82) is 5.26 Å². The Hall–Kier alpha value is -4.44. The van der Waals surface area contributed by atoms with Crippen LogP contribution in [-0.2, 0) is 9.59 Å². The van der Waals surface area contributed by atoms with E-state index in [-0.39, 0.29) is 11.1 Å². The van der Waals surface area contributed by atoms with Crippen molar-refractivity contribution < 1.29 is 23.8 Å². The molecule has 0 spiro atoms. The Morgan fingerprint density at radius 1 is 1.06 bits per heavy atom. The summed E-state index contributed by atoms with van der Waals surface area (Å²) < 4.78 is 18.7. The number of amides is 1. The van der Waals surface area contributed by atoms with Crippen LogP contribution in [-0.4, -0.2) is 23.9 Å². The number of Topliss-reactive ketones (excluding diaryl/α,β-unsaturated/α-hetero) is 1. The van der Waals surface area contributed by atoms with Gasteiger partial charge in [-0.1, -0.05) is 12.1 Å². The lowest BCUT2D eigenvalue weighted by Gasteiger charge is -2.25. The summed E-state index contributed by atoms with van der Waals surface area (Å²) in [4.78, 5) is 27.4. The molecule has 0 bridgehead atoms. The van der Waals surface area contributed by atoms with Crippen LogP contribution in [0.25, 0.3) is 5.76 Å². The van der Waals surface area contributed by atoms with Crippen molar-refractivity contribution in [2.75, 3.05) is 12.0 Å². The maximum absolute atomic E-state index is 13.4. The van der Waals surface area contributed by atoms with Crippen LogP contribution in [0.4, 0.5) is 10.1 Å². The minimum atomic E-state index is -0.955. The second kappa shape index (κ2) is 8.36. The molecule has 32 heavy (non-hydrogen) atoms. The van der Waals surface area contributed by atoms with Crippen LogP contribution in [0.3, 0.4) is 0 Å². The number of nitriles is 1. The number of ether oxygens (including phenoxy) is 1. The van der Waals surface area contributed by atoms with Gasteiger partial charge in [-0.15, -0.1) is 0 Å². The number of ketones is 1. The molecular weight excluding hydrogens is 411 g/mol. The molecule has 6 nitrogen and oxygen atoms in total. The van der Waals surface area contributed by atoms with E-state index in [1.54, 1.807) is 36.4 Å². The van der Waals surface area contributed by atoms with Gasteiger partial charge in [-0.2, -0.15) is 5.26 Å². The van der Waals surface area contributed by atoms with Crippen molar-refractivity contribution in [3.8, 4) is 11.8 Å². The van der Waals surface area contributed by atoms with Crippen LogP contribution in [0.2, 0.25) is 0 Å². The van der Waals surface area contributed by atoms with Gasteiger partial charge in [0.2, 0.25) is 0 Å². The van der Waals surface area contributed by atoms with Crippen LogP contribution in [0.1, 0.15) is 22.7 Å². The zero-order chi connectivity index (χ0) is 22.8. The van der Waals surface area contributed by atoms with Crippen LogP contribution in [0.5, 0.6) is 5.75 Å². The molecule has 1 N–H and O–H groups in total. The summed E-state index contributed by atoms with van der Waals surface area (Å²) in [7, 11) is 1.50. The van der Waals surface area contributed by atoms with E-state index in [9.17, 15) is 19.1 Å². The molecule has 7 heteroatoms.